The van der Waals surface area contributed by atoms with Gasteiger partial charge in [-0.05, 0) is 18.3 Å². The molecule has 0 spiro atoms. The van der Waals surface area contributed by atoms with Crippen molar-refractivity contribution in [1.82, 2.24) is 9.97 Å². The summed E-state index contributed by atoms with van der Waals surface area (Å²) in [7, 11) is 0.586. The smallest absolute Gasteiger partial charge is 0.215 e. The topological polar surface area (TPSA) is 35.0 Å². The monoisotopic (exact) mass is 170 g/mol. The van der Waals surface area contributed by atoms with Gasteiger partial charge in [0.05, 0.1) is 0 Å². The predicted molar refractivity (Wildman–Crippen MR) is 44.8 cm³/mol. The van der Waals surface area contributed by atoms with Crippen LogP contribution in [0.25, 0.3) is 0 Å². The Labute approximate surface area is 67.0 Å². The maximum absolute atomic E-state index is 4.88. The van der Waals surface area contributed by atoms with Crippen molar-refractivity contribution in [3.63, 3.8) is 0 Å². The van der Waals surface area contributed by atoms with Crippen LogP contribution >= 0.6 is 12.2 Å². The third-order valence-corrected chi connectivity index (χ3v) is 1.99. The number of hydrogen-bond acceptors (Lipinski definition) is 4. The molecule has 3 nitrogen and oxygen atoms in total. The average Bonchev–Trinajstić information content (AvgIpc) is 2.05. The van der Waals surface area contributed by atoms with E-state index in [-0.39, 0.29) is 0 Å². The van der Waals surface area contributed by atoms with Gasteiger partial charge in [-0.3, -0.25) is 0 Å². The van der Waals surface area contributed by atoms with E-state index in [4.69, 9.17) is 16.6 Å². The standard InChI is InChI=1S/C5H6N2OSSi/c9-5(8-10)4-6-2-1-3-7-4/h1-3H,10H3. The maximum atomic E-state index is 4.88. The molecule has 1 aromatic rings. The molecule has 1 heterocycles. The van der Waals surface area contributed by atoms with Crippen molar-refractivity contribution in [1.29, 1.82) is 0 Å². The van der Waals surface area contributed by atoms with Gasteiger partial charge in [-0.15, -0.1) is 0 Å². The Kier molecular flexibility index (Phi) is 2.47. The van der Waals surface area contributed by atoms with Gasteiger partial charge >= 0.3 is 0 Å². The molecule has 0 bridgehead atoms. The van der Waals surface area contributed by atoms with Crippen LogP contribution in [-0.4, -0.2) is 25.5 Å². The fraction of sp³-hybridized carbons (Fsp3) is 0. The van der Waals surface area contributed by atoms with Crippen LogP contribution in [0.2, 0.25) is 0 Å². The minimum atomic E-state index is 0.382. The van der Waals surface area contributed by atoms with E-state index in [2.05, 4.69) is 9.97 Å². The molecule has 1 aromatic heterocycles. The van der Waals surface area contributed by atoms with Crippen LogP contribution in [0.5, 0.6) is 0 Å². The van der Waals surface area contributed by atoms with Crippen molar-refractivity contribution >= 4 is 27.8 Å². The minimum absolute atomic E-state index is 0.382. The molecule has 0 N–H and O–H groups in total. The van der Waals surface area contributed by atoms with Crippen molar-refractivity contribution in [2.24, 2.45) is 0 Å². The summed E-state index contributed by atoms with van der Waals surface area (Å²) in [4.78, 5) is 7.79. The van der Waals surface area contributed by atoms with Gasteiger partial charge in [0.25, 0.3) is 0 Å². The van der Waals surface area contributed by atoms with E-state index < -0.39 is 0 Å². The minimum Gasteiger partial charge on any atom is -0.543 e. The summed E-state index contributed by atoms with van der Waals surface area (Å²) in [5.74, 6) is 0.493. The quantitative estimate of drug-likeness (QED) is 0.418. The molecular weight excluding hydrogens is 164 g/mol. The van der Waals surface area contributed by atoms with E-state index in [9.17, 15) is 0 Å². The molecule has 0 aliphatic heterocycles. The molecule has 0 aliphatic carbocycles. The highest BCUT2D eigenvalue weighted by Crippen LogP contribution is 1.90. The zero-order valence-electron chi connectivity index (χ0n) is 5.44. The summed E-state index contributed by atoms with van der Waals surface area (Å²) in [5, 5.41) is 0.382. The van der Waals surface area contributed by atoms with Gasteiger partial charge in [-0.1, -0.05) is 0 Å². The Balaban J connectivity index is 2.85. The molecule has 0 saturated heterocycles. The zero-order chi connectivity index (χ0) is 7.40. The number of aromatic nitrogens is 2. The molecule has 52 valence electrons. The molecule has 0 aliphatic rings. The lowest BCUT2D eigenvalue weighted by molar-refractivity contribution is 0.625. The highest BCUT2D eigenvalue weighted by molar-refractivity contribution is 7.80. The van der Waals surface area contributed by atoms with Gasteiger partial charge in [-0.25, -0.2) is 9.97 Å². The average molecular weight is 170 g/mol. The van der Waals surface area contributed by atoms with Crippen LogP contribution in [0.15, 0.2) is 18.5 Å². The highest BCUT2D eigenvalue weighted by atomic mass is 32.1. The van der Waals surface area contributed by atoms with Crippen LogP contribution in [0, 0.1) is 0 Å². The van der Waals surface area contributed by atoms with E-state index in [1.165, 1.54) is 0 Å². The molecule has 0 aromatic carbocycles. The number of thiocarbonyl (C=S) groups is 1. The largest absolute Gasteiger partial charge is 0.543 e. The summed E-state index contributed by atoms with van der Waals surface area (Å²) in [5.41, 5.74) is 0. The molecule has 0 atom stereocenters. The van der Waals surface area contributed by atoms with Crippen molar-refractivity contribution < 1.29 is 4.43 Å². The lowest BCUT2D eigenvalue weighted by atomic mass is 10.6. The lowest BCUT2D eigenvalue weighted by Crippen LogP contribution is -2.05. The molecule has 0 saturated carbocycles. The second kappa shape index (κ2) is 3.38. The van der Waals surface area contributed by atoms with Crippen molar-refractivity contribution in [2.45, 2.75) is 0 Å². The molecule has 0 fully saturated rings. The first kappa shape index (κ1) is 7.30. The van der Waals surface area contributed by atoms with Gasteiger partial charge in [0.2, 0.25) is 21.4 Å². The molecule has 0 radical (unpaired) electrons. The van der Waals surface area contributed by atoms with E-state index in [0.717, 1.165) is 0 Å². The van der Waals surface area contributed by atoms with Gasteiger partial charge in [0, 0.05) is 12.4 Å². The van der Waals surface area contributed by atoms with Crippen LogP contribution in [0.4, 0.5) is 0 Å². The summed E-state index contributed by atoms with van der Waals surface area (Å²) in [6, 6.07) is 1.74. The molecule has 0 amide bonds. The molecule has 5 heteroatoms. The summed E-state index contributed by atoms with van der Waals surface area (Å²) >= 11 is 4.81. The Bertz CT molecular complexity index is 228. The molecule has 1 rings (SSSR count). The molecular formula is C5H6N2OSSi. The third kappa shape index (κ3) is 1.58. The summed E-state index contributed by atoms with van der Waals surface area (Å²) in [6.45, 7) is 0. The number of hydrogen-bond donors (Lipinski definition) is 0. The van der Waals surface area contributed by atoms with E-state index in [1.54, 1.807) is 18.5 Å². The lowest BCUT2D eigenvalue weighted by Gasteiger charge is -1.97. The summed E-state index contributed by atoms with van der Waals surface area (Å²) in [6.07, 6.45) is 3.27. The van der Waals surface area contributed by atoms with Gasteiger partial charge in [0.15, 0.2) is 0 Å². The van der Waals surface area contributed by atoms with E-state index in [1.807, 2.05) is 0 Å². The third-order valence-electron chi connectivity index (χ3n) is 0.934. The Morgan fingerprint density at radius 1 is 1.50 bits per heavy atom. The van der Waals surface area contributed by atoms with Gasteiger partial charge in [0.1, 0.15) is 0 Å². The van der Waals surface area contributed by atoms with Crippen molar-refractivity contribution in [3.8, 4) is 0 Å². The zero-order valence-corrected chi connectivity index (χ0v) is 8.26. The van der Waals surface area contributed by atoms with Gasteiger partial charge < -0.3 is 4.43 Å². The maximum Gasteiger partial charge on any atom is 0.215 e. The summed E-state index contributed by atoms with van der Waals surface area (Å²) < 4.78 is 4.88. The first-order valence-corrected chi connectivity index (χ1v) is 3.92. The van der Waals surface area contributed by atoms with E-state index >= 15 is 0 Å². The van der Waals surface area contributed by atoms with Crippen LogP contribution in [-0.2, 0) is 4.43 Å². The van der Waals surface area contributed by atoms with Crippen LogP contribution < -0.4 is 0 Å². The first-order valence-electron chi connectivity index (χ1n) is 2.70. The fourth-order valence-corrected chi connectivity index (χ4v) is 0.784. The Hall–Kier alpha value is -0.813. The van der Waals surface area contributed by atoms with E-state index in [0.29, 0.717) is 21.4 Å². The number of rotatable bonds is 1. The normalized spacial score (nSPS) is 9.20. The number of nitrogens with zero attached hydrogens (tertiary/aromatic N) is 2. The predicted octanol–water partition coefficient (Wildman–Crippen LogP) is -0.551. The fourth-order valence-electron chi connectivity index (χ4n) is 0.496. The van der Waals surface area contributed by atoms with Crippen LogP contribution in [0.3, 0.4) is 0 Å². The second-order valence-electron chi connectivity index (χ2n) is 1.56. The van der Waals surface area contributed by atoms with Crippen molar-refractivity contribution in [2.75, 3.05) is 0 Å². The van der Waals surface area contributed by atoms with Crippen molar-refractivity contribution in [3.05, 3.63) is 24.3 Å². The second-order valence-corrected chi connectivity index (χ2v) is 2.34. The molecule has 0 unspecified atom stereocenters. The Morgan fingerprint density at radius 2 is 2.10 bits per heavy atom. The van der Waals surface area contributed by atoms with Crippen LogP contribution in [0.1, 0.15) is 5.82 Å². The molecule has 10 heavy (non-hydrogen) atoms. The highest BCUT2D eigenvalue weighted by Gasteiger charge is 1.99. The van der Waals surface area contributed by atoms with Gasteiger partial charge in [-0.2, -0.15) is 0 Å². The Morgan fingerprint density at radius 3 is 2.60 bits per heavy atom. The first-order chi connectivity index (χ1) is 4.84. The SMILES string of the molecule is [SiH3]OC(=S)c1ncccn1.